The van der Waals surface area contributed by atoms with Crippen LogP contribution in [-0.2, 0) is 4.74 Å². The zero-order valence-corrected chi connectivity index (χ0v) is 13.5. The van der Waals surface area contributed by atoms with E-state index >= 15 is 0 Å². The number of hydrogen-bond acceptors (Lipinski definition) is 3. The summed E-state index contributed by atoms with van der Waals surface area (Å²) < 4.78 is 5.35. The van der Waals surface area contributed by atoms with E-state index in [-0.39, 0.29) is 17.6 Å². The Hall–Kier alpha value is -2.20. The second kappa shape index (κ2) is 5.89. The van der Waals surface area contributed by atoms with Crippen LogP contribution in [0.4, 0.5) is 10.5 Å². The van der Waals surface area contributed by atoms with E-state index in [4.69, 9.17) is 10.3 Å². The number of benzene rings is 1. The van der Waals surface area contributed by atoms with Crippen molar-refractivity contribution in [3.05, 3.63) is 40.3 Å². The highest BCUT2D eigenvalue weighted by Crippen LogP contribution is 2.53. The van der Waals surface area contributed by atoms with Crippen molar-refractivity contribution in [2.24, 2.45) is 5.11 Å². The molecule has 2 unspecified atom stereocenters. The molecule has 6 heteroatoms. The van der Waals surface area contributed by atoms with Crippen molar-refractivity contribution in [2.45, 2.75) is 57.6 Å². The van der Waals surface area contributed by atoms with E-state index in [0.717, 1.165) is 18.4 Å². The second-order valence-electron chi connectivity index (χ2n) is 6.67. The smallest absolute Gasteiger partial charge is 0.408 e. The Labute approximate surface area is 130 Å². The van der Waals surface area contributed by atoms with Gasteiger partial charge in [0.15, 0.2) is 0 Å². The molecule has 1 N–H and O–H groups in total. The average molecular weight is 302 g/mol. The minimum absolute atomic E-state index is 0.234. The van der Waals surface area contributed by atoms with E-state index in [1.165, 1.54) is 0 Å². The van der Waals surface area contributed by atoms with Crippen LogP contribution in [0.15, 0.2) is 29.4 Å². The SMILES string of the molecule is CCC1(NC(=O)OC(C)(C)C)CC1c1ccc(N=[N+]=[N-])cc1. The lowest BCUT2D eigenvalue weighted by Crippen LogP contribution is -2.41. The van der Waals surface area contributed by atoms with Gasteiger partial charge in [0, 0.05) is 16.5 Å². The van der Waals surface area contributed by atoms with Crippen molar-refractivity contribution in [1.82, 2.24) is 5.32 Å². The fourth-order valence-electron chi connectivity index (χ4n) is 2.69. The Morgan fingerprint density at radius 2 is 2.09 bits per heavy atom. The van der Waals surface area contributed by atoms with E-state index in [0.29, 0.717) is 5.69 Å². The second-order valence-corrected chi connectivity index (χ2v) is 6.67. The van der Waals surface area contributed by atoms with E-state index in [1.54, 1.807) is 12.1 Å². The Balaban J connectivity index is 2.05. The molecule has 0 bridgehead atoms. The molecule has 118 valence electrons. The Morgan fingerprint density at radius 1 is 1.45 bits per heavy atom. The van der Waals surface area contributed by atoms with E-state index in [2.05, 4.69) is 22.3 Å². The molecule has 22 heavy (non-hydrogen) atoms. The molecule has 2 rings (SSSR count). The van der Waals surface area contributed by atoms with Crippen molar-refractivity contribution >= 4 is 11.8 Å². The molecule has 0 aromatic heterocycles. The van der Waals surface area contributed by atoms with Crippen molar-refractivity contribution in [2.75, 3.05) is 0 Å². The molecule has 0 saturated heterocycles. The van der Waals surface area contributed by atoms with Gasteiger partial charge in [-0.05, 0) is 44.7 Å². The standard InChI is InChI=1S/C16H22N4O2/c1-5-16(18-14(21)22-15(2,3)4)10-13(16)11-6-8-12(9-7-11)19-20-17/h6-9,13H,5,10H2,1-4H3,(H,18,21). The number of nitrogens with one attached hydrogen (secondary N) is 1. The molecule has 1 aliphatic carbocycles. The first-order valence-electron chi connectivity index (χ1n) is 7.46. The van der Waals surface area contributed by atoms with Crippen LogP contribution in [-0.4, -0.2) is 17.2 Å². The maximum atomic E-state index is 12.0. The van der Waals surface area contributed by atoms with Crippen molar-refractivity contribution in [3.8, 4) is 0 Å². The summed E-state index contributed by atoms with van der Waals surface area (Å²) in [5, 5.41) is 6.58. The van der Waals surface area contributed by atoms with Crippen LogP contribution < -0.4 is 5.32 Å². The summed E-state index contributed by atoms with van der Waals surface area (Å²) in [7, 11) is 0. The highest BCUT2D eigenvalue weighted by Gasteiger charge is 2.54. The van der Waals surface area contributed by atoms with Gasteiger partial charge in [-0.25, -0.2) is 4.79 Å². The summed E-state index contributed by atoms with van der Waals surface area (Å²) >= 11 is 0. The van der Waals surface area contributed by atoms with Gasteiger partial charge in [-0.15, -0.1) is 0 Å². The number of nitrogens with zero attached hydrogens (tertiary/aromatic N) is 3. The molecule has 1 aromatic carbocycles. The average Bonchev–Trinajstić information content (AvgIpc) is 3.12. The first-order chi connectivity index (χ1) is 10.3. The number of rotatable bonds is 4. The molecular weight excluding hydrogens is 280 g/mol. The van der Waals surface area contributed by atoms with Crippen molar-refractivity contribution in [3.63, 3.8) is 0 Å². The van der Waals surface area contributed by atoms with Crippen LogP contribution in [0.25, 0.3) is 10.4 Å². The lowest BCUT2D eigenvalue weighted by atomic mass is 10.0. The highest BCUT2D eigenvalue weighted by molar-refractivity contribution is 5.70. The van der Waals surface area contributed by atoms with Crippen molar-refractivity contribution in [1.29, 1.82) is 0 Å². The summed E-state index contributed by atoms with van der Waals surface area (Å²) in [5.74, 6) is 0.269. The largest absolute Gasteiger partial charge is 0.444 e. The number of carbonyl (C=O) groups is 1. The zero-order chi connectivity index (χ0) is 16.4. The number of alkyl carbamates (subject to hydrolysis) is 1. The van der Waals surface area contributed by atoms with Gasteiger partial charge < -0.3 is 10.1 Å². The third kappa shape index (κ3) is 3.71. The van der Waals surface area contributed by atoms with Gasteiger partial charge in [0.2, 0.25) is 0 Å². The summed E-state index contributed by atoms with van der Waals surface area (Å²) in [5.41, 5.74) is 9.41. The molecule has 0 radical (unpaired) electrons. The maximum absolute atomic E-state index is 12.0. The summed E-state index contributed by atoms with van der Waals surface area (Å²) in [6, 6.07) is 7.48. The topological polar surface area (TPSA) is 87.1 Å². The fourth-order valence-corrected chi connectivity index (χ4v) is 2.69. The summed E-state index contributed by atoms with van der Waals surface area (Å²) in [4.78, 5) is 14.8. The van der Waals surface area contributed by atoms with E-state index in [1.807, 2.05) is 32.9 Å². The van der Waals surface area contributed by atoms with Crippen LogP contribution in [0.2, 0.25) is 0 Å². The van der Waals surface area contributed by atoms with E-state index in [9.17, 15) is 4.79 Å². The summed E-state index contributed by atoms with van der Waals surface area (Å²) in [6.45, 7) is 7.61. The van der Waals surface area contributed by atoms with Gasteiger partial charge in [-0.3, -0.25) is 0 Å². The molecule has 1 aliphatic rings. The third-order valence-corrected chi connectivity index (χ3v) is 3.91. The molecule has 0 aliphatic heterocycles. The monoisotopic (exact) mass is 302 g/mol. The van der Waals surface area contributed by atoms with Crippen LogP contribution >= 0.6 is 0 Å². The van der Waals surface area contributed by atoms with Crippen LogP contribution in [0.1, 0.15) is 52.0 Å². The third-order valence-electron chi connectivity index (χ3n) is 3.91. The minimum Gasteiger partial charge on any atom is -0.444 e. The molecule has 6 nitrogen and oxygen atoms in total. The van der Waals surface area contributed by atoms with Gasteiger partial charge >= 0.3 is 6.09 Å². The van der Waals surface area contributed by atoms with Crippen LogP contribution in [0.3, 0.4) is 0 Å². The molecule has 1 aromatic rings. The lowest BCUT2D eigenvalue weighted by molar-refractivity contribution is 0.0493. The Morgan fingerprint density at radius 3 is 2.59 bits per heavy atom. The number of amides is 1. The zero-order valence-electron chi connectivity index (χ0n) is 13.5. The Kier molecular flexibility index (Phi) is 4.33. The number of carbonyl (C=O) groups excluding carboxylic acids is 1. The maximum Gasteiger partial charge on any atom is 0.408 e. The van der Waals surface area contributed by atoms with Crippen LogP contribution in [0.5, 0.6) is 0 Å². The van der Waals surface area contributed by atoms with Crippen LogP contribution in [0, 0.1) is 0 Å². The van der Waals surface area contributed by atoms with Gasteiger partial charge in [-0.1, -0.05) is 36.3 Å². The predicted molar refractivity (Wildman–Crippen MR) is 85.0 cm³/mol. The summed E-state index contributed by atoms with van der Waals surface area (Å²) in [6.07, 6.45) is 1.36. The van der Waals surface area contributed by atoms with Gasteiger partial charge in [0.25, 0.3) is 0 Å². The van der Waals surface area contributed by atoms with Gasteiger partial charge in [0.05, 0.1) is 5.54 Å². The molecule has 1 saturated carbocycles. The van der Waals surface area contributed by atoms with Crippen molar-refractivity contribution < 1.29 is 9.53 Å². The van der Waals surface area contributed by atoms with E-state index < -0.39 is 5.60 Å². The number of hydrogen-bond donors (Lipinski definition) is 1. The highest BCUT2D eigenvalue weighted by atomic mass is 16.6. The molecular formula is C16H22N4O2. The number of azide groups is 1. The molecule has 2 atom stereocenters. The molecule has 0 heterocycles. The molecule has 0 spiro atoms. The predicted octanol–water partition coefficient (Wildman–Crippen LogP) is 4.79. The number of ether oxygens (including phenoxy) is 1. The van der Waals surface area contributed by atoms with Gasteiger partial charge in [-0.2, -0.15) is 0 Å². The Bertz CT molecular complexity index is 600. The molecule has 1 amide bonds. The normalized spacial score (nSPS) is 23.4. The first-order valence-corrected chi connectivity index (χ1v) is 7.46. The first kappa shape index (κ1) is 16.2. The van der Waals surface area contributed by atoms with Gasteiger partial charge in [0.1, 0.15) is 5.60 Å². The minimum atomic E-state index is -0.500. The fraction of sp³-hybridized carbons (Fsp3) is 0.562. The lowest BCUT2D eigenvalue weighted by Gasteiger charge is -2.23. The molecule has 1 fully saturated rings. The quantitative estimate of drug-likeness (QED) is 0.492.